The van der Waals surface area contributed by atoms with E-state index in [1.165, 1.54) is 0 Å². The first-order valence-electron chi connectivity index (χ1n) is 9.36. The standard InChI is InChI=1S/C21H23N3O4/c1-23(2)10-11-24-14-8-4-3-6-12(14)16-15(24)9-5-7-13-18(16)22-20(26)17(19(13)25)21(27)28/h3-4,6,8H,5,7,9-11H2,1-2H3,(H,27,28)(H2,22,25,26). The molecule has 3 aromatic rings. The fourth-order valence-corrected chi connectivity index (χ4v) is 4.17. The van der Waals surface area contributed by atoms with Crippen LogP contribution in [-0.4, -0.2) is 51.3 Å². The number of rotatable bonds is 4. The number of fused-ring (bicyclic) bond motifs is 5. The molecule has 0 radical (unpaired) electrons. The van der Waals surface area contributed by atoms with Gasteiger partial charge in [0.2, 0.25) is 0 Å². The van der Waals surface area contributed by atoms with Gasteiger partial charge in [-0.3, -0.25) is 4.79 Å². The number of benzene rings is 1. The number of H-pyrrole nitrogens is 1. The normalized spacial score (nSPS) is 13.4. The first-order chi connectivity index (χ1) is 13.4. The Hall–Kier alpha value is -3.06. The lowest BCUT2D eigenvalue weighted by molar-refractivity contribution is 0.0691. The highest BCUT2D eigenvalue weighted by Gasteiger charge is 2.28. The number of aromatic amines is 1. The summed E-state index contributed by atoms with van der Waals surface area (Å²) >= 11 is 0. The Morgan fingerprint density at radius 2 is 2.00 bits per heavy atom. The lowest BCUT2D eigenvalue weighted by Gasteiger charge is -2.14. The zero-order chi connectivity index (χ0) is 20.0. The van der Waals surface area contributed by atoms with Crippen LogP contribution in [0.25, 0.3) is 22.2 Å². The molecule has 0 saturated heterocycles. The van der Waals surface area contributed by atoms with Crippen LogP contribution < -0.4 is 5.56 Å². The number of carbonyl (C=O) groups is 1. The van der Waals surface area contributed by atoms with Crippen molar-refractivity contribution in [3.05, 3.63) is 51.4 Å². The molecule has 28 heavy (non-hydrogen) atoms. The summed E-state index contributed by atoms with van der Waals surface area (Å²) in [6.07, 6.45) is 2.06. The van der Waals surface area contributed by atoms with Gasteiger partial charge in [0.1, 0.15) is 5.75 Å². The van der Waals surface area contributed by atoms with Gasteiger partial charge in [-0.15, -0.1) is 0 Å². The second kappa shape index (κ2) is 6.83. The summed E-state index contributed by atoms with van der Waals surface area (Å²) < 4.78 is 2.28. The van der Waals surface area contributed by atoms with Crippen molar-refractivity contribution in [2.24, 2.45) is 0 Å². The molecule has 0 amide bonds. The van der Waals surface area contributed by atoms with Crippen LogP contribution in [0.4, 0.5) is 0 Å². The van der Waals surface area contributed by atoms with Crippen LogP contribution in [0.1, 0.15) is 28.0 Å². The van der Waals surface area contributed by atoms with Crippen molar-refractivity contribution in [1.82, 2.24) is 14.5 Å². The second-order valence-electron chi connectivity index (χ2n) is 7.48. The third-order valence-electron chi connectivity index (χ3n) is 5.44. The van der Waals surface area contributed by atoms with Crippen molar-refractivity contribution in [2.75, 3.05) is 20.6 Å². The molecular formula is C21H23N3O4. The van der Waals surface area contributed by atoms with E-state index in [0.29, 0.717) is 17.7 Å². The van der Waals surface area contributed by atoms with E-state index in [1.807, 2.05) is 32.3 Å². The Morgan fingerprint density at radius 3 is 2.71 bits per heavy atom. The van der Waals surface area contributed by atoms with E-state index in [4.69, 9.17) is 0 Å². The Labute approximate surface area is 161 Å². The number of hydrogen-bond acceptors (Lipinski definition) is 4. The summed E-state index contributed by atoms with van der Waals surface area (Å²) in [4.78, 5) is 28.7. The Bertz CT molecular complexity index is 1140. The molecule has 146 valence electrons. The molecule has 0 unspecified atom stereocenters. The van der Waals surface area contributed by atoms with Gasteiger partial charge in [-0.25, -0.2) is 4.79 Å². The van der Waals surface area contributed by atoms with Crippen molar-refractivity contribution in [3.63, 3.8) is 0 Å². The van der Waals surface area contributed by atoms with E-state index in [-0.39, 0.29) is 0 Å². The number of carboxylic acids is 1. The minimum Gasteiger partial charge on any atom is -0.506 e. The lowest BCUT2D eigenvalue weighted by Crippen LogP contribution is -2.20. The van der Waals surface area contributed by atoms with Crippen LogP contribution >= 0.6 is 0 Å². The van der Waals surface area contributed by atoms with Crippen LogP contribution in [0, 0.1) is 0 Å². The maximum absolute atomic E-state index is 12.4. The predicted octanol–water partition coefficient (Wildman–Crippen LogP) is 2.45. The van der Waals surface area contributed by atoms with E-state index >= 15 is 0 Å². The van der Waals surface area contributed by atoms with Gasteiger partial charge < -0.3 is 24.7 Å². The van der Waals surface area contributed by atoms with Crippen molar-refractivity contribution in [1.29, 1.82) is 0 Å². The topological polar surface area (TPSA) is 98.6 Å². The molecule has 2 heterocycles. The zero-order valence-corrected chi connectivity index (χ0v) is 16.0. The van der Waals surface area contributed by atoms with Gasteiger partial charge in [-0.1, -0.05) is 18.2 Å². The van der Waals surface area contributed by atoms with Crippen LogP contribution in [0.3, 0.4) is 0 Å². The summed E-state index contributed by atoms with van der Waals surface area (Å²) in [5.41, 5.74) is 2.77. The van der Waals surface area contributed by atoms with Gasteiger partial charge in [-0.05, 0) is 39.4 Å². The second-order valence-corrected chi connectivity index (χ2v) is 7.48. The Balaban J connectivity index is 2.04. The molecule has 1 aliphatic rings. The number of pyridine rings is 1. The van der Waals surface area contributed by atoms with E-state index in [0.717, 1.165) is 48.1 Å². The molecule has 4 rings (SSSR count). The number of likely N-dealkylation sites (N-methyl/N-ethyl adjacent to an activating group) is 1. The van der Waals surface area contributed by atoms with E-state index in [2.05, 4.69) is 20.5 Å². The summed E-state index contributed by atoms with van der Waals surface area (Å²) in [6, 6.07) is 8.01. The van der Waals surface area contributed by atoms with E-state index in [1.54, 1.807) is 0 Å². The molecule has 2 aromatic heterocycles. The average Bonchev–Trinajstić information content (AvgIpc) is 2.81. The van der Waals surface area contributed by atoms with Crippen LogP contribution in [0.15, 0.2) is 29.1 Å². The molecule has 7 nitrogen and oxygen atoms in total. The van der Waals surface area contributed by atoms with Gasteiger partial charge in [0.15, 0.2) is 5.56 Å². The highest BCUT2D eigenvalue weighted by atomic mass is 16.4. The highest BCUT2D eigenvalue weighted by Crippen LogP contribution is 2.41. The van der Waals surface area contributed by atoms with Crippen molar-refractivity contribution in [2.45, 2.75) is 25.8 Å². The molecular weight excluding hydrogens is 358 g/mol. The number of nitrogens with zero attached hydrogens (tertiary/aromatic N) is 2. The number of hydrogen-bond donors (Lipinski definition) is 3. The van der Waals surface area contributed by atoms with Crippen LogP contribution in [0.5, 0.6) is 5.75 Å². The first-order valence-corrected chi connectivity index (χ1v) is 9.36. The predicted molar refractivity (Wildman–Crippen MR) is 107 cm³/mol. The summed E-state index contributed by atoms with van der Waals surface area (Å²) in [5, 5.41) is 20.9. The largest absolute Gasteiger partial charge is 0.506 e. The summed E-state index contributed by atoms with van der Waals surface area (Å²) in [6.45, 7) is 1.68. The van der Waals surface area contributed by atoms with Gasteiger partial charge in [0.25, 0.3) is 5.56 Å². The monoisotopic (exact) mass is 381 g/mol. The van der Waals surface area contributed by atoms with Gasteiger partial charge >= 0.3 is 5.97 Å². The number of carboxylic acid groups (broad SMARTS) is 1. The van der Waals surface area contributed by atoms with Crippen molar-refractivity contribution < 1.29 is 15.0 Å². The maximum atomic E-state index is 12.4. The fourth-order valence-electron chi connectivity index (χ4n) is 4.17. The Kier molecular flexibility index (Phi) is 4.47. The number of aromatic carboxylic acids is 1. The molecule has 0 spiro atoms. The molecule has 7 heteroatoms. The smallest absolute Gasteiger partial charge is 0.345 e. The average molecular weight is 381 g/mol. The van der Waals surface area contributed by atoms with Gasteiger partial charge in [0.05, 0.1) is 5.69 Å². The molecule has 0 saturated carbocycles. The van der Waals surface area contributed by atoms with Gasteiger partial charge in [-0.2, -0.15) is 0 Å². The first kappa shape index (κ1) is 18.3. The number of nitrogens with one attached hydrogen (secondary N) is 1. The molecule has 1 aliphatic carbocycles. The highest BCUT2D eigenvalue weighted by molar-refractivity contribution is 6.00. The van der Waals surface area contributed by atoms with E-state index in [9.17, 15) is 19.8 Å². The quantitative estimate of drug-likeness (QED) is 0.645. The lowest BCUT2D eigenvalue weighted by atomic mass is 10.00. The molecule has 0 aliphatic heterocycles. The SMILES string of the molecule is CN(C)CCn1c2c(c3ccccc31)-c1[nH]c(=O)c(C(=O)O)c(O)c1CCC2. The van der Waals surface area contributed by atoms with Crippen molar-refractivity contribution in [3.8, 4) is 17.0 Å². The zero-order valence-electron chi connectivity index (χ0n) is 16.0. The molecule has 0 atom stereocenters. The van der Waals surface area contributed by atoms with Gasteiger partial charge in [0, 0.05) is 40.8 Å². The third-order valence-corrected chi connectivity index (χ3v) is 5.44. The molecule has 0 fully saturated rings. The molecule has 1 aromatic carbocycles. The molecule has 0 bridgehead atoms. The molecule has 3 N–H and O–H groups in total. The number of para-hydroxylation sites is 1. The summed E-state index contributed by atoms with van der Waals surface area (Å²) in [7, 11) is 4.06. The van der Waals surface area contributed by atoms with Crippen LogP contribution in [-0.2, 0) is 19.4 Å². The number of aromatic hydroxyl groups is 1. The third kappa shape index (κ3) is 2.79. The Morgan fingerprint density at radius 1 is 1.25 bits per heavy atom. The van der Waals surface area contributed by atoms with E-state index < -0.39 is 22.8 Å². The summed E-state index contributed by atoms with van der Waals surface area (Å²) in [5.74, 6) is -1.83. The van der Waals surface area contributed by atoms with Crippen molar-refractivity contribution >= 4 is 16.9 Å². The minimum absolute atomic E-state index is 0.413. The minimum atomic E-state index is -1.42. The maximum Gasteiger partial charge on any atom is 0.345 e. The number of aromatic nitrogens is 2. The fraction of sp³-hybridized carbons (Fsp3) is 0.333. The van der Waals surface area contributed by atoms with Crippen LogP contribution in [0.2, 0.25) is 0 Å².